The average Bonchev–Trinajstić information content (AvgIpc) is 3.07. The molecule has 3 N–H and O–H groups in total. The summed E-state index contributed by atoms with van der Waals surface area (Å²) in [6, 6.07) is 1.07. The SMILES string of the molecule is CCC(ON1C(=O)C=CC1=O)[C@H]1O[C@@H](n2ccc(=O)[nH]c2=O)[C@H](O)[C@@H]1O. The van der Waals surface area contributed by atoms with Gasteiger partial charge < -0.3 is 14.9 Å². The standard InChI is InChI=1S/C15H17N3O8/c1-2-7(26-18-9(20)3-4-10(18)21)13-11(22)12(23)14(25-13)17-6-5-8(19)16-15(17)24/h3-7,11-14,22-23H,2H2,1H3,(H,16,19,24)/t7?,11-,12+,13+,14+/m0/s1. The number of aromatic nitrogens is 2. The van der Waals surface area contributed by atoms with E-state index in [-0.39, 0.29) is 6.42 Å². The minimum atomic E-state index is -1.50. The molecule has 3 rings (SSSR count). The van der Waals surface area contributed by atoms with E-state index in [9.17, 15) is 29.4 Å². The van der Waals surface area contributed by atoms with E-state index in [4.69, 9.17) is 9.57 Å². The second-order valence-electron chi connectivity index (χ2n) is 5.85. The van der Waals surface area contributed by atoms with Crippen LogP contribution in [0.2, 0.25) is 0 Å². The summed E-state index contributed by atoms with van der Waals surface area (Å²) >= 11 is 0. The molecule has 11 nitrogen and oxygen atoms in total. The monoisotopic (exact) mass is 367 g/mol. The van der Waals surface area contributed by atoms with E-state index in [1.807, 2.05) is 4.98 Å². The molecule has 11 heteroatoms. The highest BCUT2D eigenvalue weighted by molar-refractivity contribution is 6.11. The lowest BCUT2D eigenvalue weighted by atomic mass is 10.0. The van der Waals surface area contributed by atoms with Gasteiger partial charge in [0, 0.05) is 24.4 Å². The predicted octanol–water partition coefficient (Wildman–Crippen LogP) is -2.21. The van der Waals surface area contributed by atoms with Gasteiger partial charge in [-0.1, -0.05) is 6.92 Å². The first kappa shape index (κ1) is 18.2. The number of H-pyrrole nitrogens is 1. The maximum atomic E-state index is 11.9. The van der Waals surface area contributed by atoms with Crippen LogP contribution in [-0.4, -0.2) is 61.1 Å². The van der Waals surface area contributed by atoms with E-state index in [0.717, 1.165) is 29.0 Å². The second-order valence-corrected chi connectivity index (χ2v) is 5.85. The fourth-order valence-corrected chi connectivity index (χ4v) is 2.84. The highest BCUT2D eigenvalue weighted by atomic mass is 16.7. The van der Waals surface area contributed by atoms with Crippen LogP contribution in [0.4, 0.5) is 0 Å². The summed E-state index contributed by atoms with van der Waals surface area (Å²) < 4.78 is 6.50. The number of hydrogen-bond acceptors (Lipinski definition) is 8. The molecule has 140 valence electrons. The van der Waals surface area contributed by atoms with Gasteiger partial charge in [0.05, 0.1) is 0 Å². The first-order valence-corrected chi connectivity index (χ1v) is 7.89. The molecule has 1 saturated heterocycles. The number of hydrogen-bond donors (Lipinski definition) is 3. The van der Waals surface area contributed by atoms with Crippen molar-refractivity contribution in [3.63, 3.8) is 0 Å². The molecule has 0 aliphatic carbocycles. The lowest BCUT2D eigenvalue weighted by molar-refractivity contribution is -0.223. The Morgan fingerprint density at radius 2 is 1.85 bits per heavy atom. The molecule has 1 aromatic rings. The largest absolute Gasteiger partial charge is 0.387 e. The maximum Gasteiger partial charge on any atom is 0.330 e. The number of aliphatic hydroxyl groups is 2. The summed E-state index contributed by atoms with van der Waals surface area (Å²) in [5.74, 6) is -1.34. The Kier molecular flexibility index (Phi) is 4.87. The maximum absolute atomic E-state index is 11.9. The summed E-state index contributed by atoms with van der Waals surface area (Å²) in [5.41, 5.74) is -1.44. The summed E-state index contributed by atoms with van der Waals surface area (Å²) in [4.78, 5) is 53.7. The lowest BCUT2D eigenvalue weighted by Crippen LogP contribution is -2.44. The molecule has 1 fully saturated rings. The number of amides is 2. The van der Waals surface area contributed by atoms with Crippen molar-refractivity contribution in [1.29, 1.82) is 0 Å². The molecule has 0 bridgehead atoms. The number of ether oxygens (including phenoxy) is 1. The zero-order valence-electron chi connectivity index (χ0n) is 13.6. The molecule has 2 aliphatic heterocycles. The highest BCUT2D eigenvalue weighted by Crippen LogP contribution is 2.32. The van der Waals surface area contributed by atoms with Crippen molar-refractivity contribution in [2.75, 3.05) is 0 Å². The zero-order chi connectivity index (χ0) is 19.0. The number of aromatic amines is 1. The minimum absolute atomic E-state index is 0.235. The summed E-state index contributed by atoms with van der Waals surface area (Å²) in [7, 11) is 0. The molecule has 26 heavy (non-hydrogen) atoms. The summed E-state index contributed by atoms with van der Waals surface area (Å²) in [6.45, 7) is 1.67. The Hall–Kier alpha value is -2.60. The molecule has 2 aliphatic rings. The van der Waals surface area contributed by atoms with Gasteiger partial charge in [-0.2, -0.15) is 0 Å². The molecule has 0 radical (unpaired) electrons. The Morgan fingerprint density at radius 3 is 2.42 bits per heavy atom. The summed E-state index contributed by atoms with van der Waals surface area (Å²) in [6.07, 6.45) is -2.86. The quantitative estimate of drug-likeness (QED) is 0.496. The average molecular weight is 367 g/mol. The molecule has 1 unspecified atom stereocenters. The smallest absolute Gasteiger partial charge is 0.330 e. The number of nitrogens with zero attached hydrogens (tertiary/aromatic N) is 2. The van der Waals surface area contributed by atoms with Crippen molar-refractivity contribution >= 4 is 11.8 Å². The van der Waals surface area contributed by atoms with Crippen LogP contribution in [-0.2, 0) is 19.2 Å². The number of aliphatic hydroxyl groups excluding tert-OH is 2. The van der Waals surface area contributed by atoms with Gasteiger partial charge in [-0.05, 0) is 6.42 Å². The fourth-order valence-electron chi connectivity index (χ4n) is 2.84. The third-order valence-corrected chi connectivity index (χ3v) is 4.18. The van der Waals surface area contributed by atoms with Crippen molar-refractivity contribution in [2.24, 2.45) is 0 Å². The van der Waals surface area contributed by atoms with Crippen molar-refractivity contribution in [3.8, 4) is 0 Å². The van der Waals surface area contributed by atoms with E-state index in [0.29, 0.717) is 5.06 Å². The van der Waals surface area contributed by atoms with Gasteiger partial charge in [-0.15, -0.1) is 5.06 Å². The number of carbonyl (C=O) groups is 2. The number of rotatable bonds is 5. The first-order chi connectivity index (χ1) is 12.3. The molecular formula is C15H17N3O8. The van der Waals surface area contributed by atoms with Gasteiger partial charge >= 0.3 is 5.69 Å². The normalized spacial score (nSPS) is 29.6. The van der Waals surface area contributed by atoms with Crippen LogP contribution in [0.3, 0.4) is 0 Å². The van der Waals surface area contributed by atoms with E-state index in [1.165, 1.54) is 0 Å². The van der Waals surface area contributed by atoms with Gasteiger partial charge in [0.2, 0.25) is 0 Å². The van der Waals surface area contributed by atoms with Gasteiger partial charge in [0.25, 0.3) is 17.4 Å². The van der Waals surface area contributed by atoms with Crippen LogP contribution in [0, 0.1) is 0 Å². The second kappa shape index (κ2) is 6.96. The van der Waals surface area contributed by atoms with E-state index in [2.05, 4.69) is 0 Å². The topological polar surface area (TPSA) is 151 Å². The number of carbonyl (C=O) groups excluding carboxylic acids is 2. The molecule has 0 spiro atoms. The van der Waals surface area contributed by atoms with E-state index >= 15 is 0 Å². The van der Waals surface area contributed by atoms with Gasteiger partial charge in [0.1, 0.15) is 24.4 Å². The molecule has 0 saturated carbocycles. The van der Waals surface area contributed by atoms with Crippen molar-refractivity contribution in [2.45, 2.75) is 44.0 Å². The van der Waals surface area contributed by atoms with Crippen LogP contribution in [0.1, 0.15) is 19.6 Å². The van der Waals surface area contributed by atoms with Gasteiger partial charge in [-0.3, -0.25) is 28.8 Å². The predicted molar refractivity (Wildman–Crippen MR) is 83.4 cm³/mol. The number of nitrogens with one attached hydrogen (secondary N) is 1. The third-order valence-electron chi connectivity index (χ3n) is 4.18. The lowest BCUT2D eigenvalue weighted by Gasteiger charge is -2.27. The van der Waals surface area contributed by atoms with Crippen LogP contribution in [0.15, 0.2) is 34.0 Å². The van der Waals surface area contributed by atoms with Crippen LogP contribution in [0.25, 0.3) is 0 Å². The van der Waals surface area contributed by atoms with Gasteiger partial charge in [-0.25, -0.2) is 4.79 Å². The van der Waals surface area contributed by atoms with Crippen LogP contribution >= 0.6 is 0 Å². The van der Waals surface area contributed by atoms with Crippen molar-refractivity contribution < 1.29 is 29.4 Å². The Morgan fingerprint density at radius 1 is 1.19 bits per heavy atom. The Labute approximate surface area is 146 Å². The molecule has 0 aromatic carbocycles. The third kappa shape index (κ3) is 3.12. The molecule has 5 atom stereocenters. The number of imide groups is 1. The number of hydroxylamine groups is 2. The van der Waals surface area contributed by atoms with Crippen LogP contribution in [0.5, 0.6) is 0 Å². The zero-order valence-corrected chi connectivity index (χ0v) is 13.6. The van der Waals surface area contributed by atoms with Crippen molar-refractivity contribution in [1.82, 2.24) is 14.6 Å². The molecule has 2 amide bonds. The van der Waals surface area contributed by atoms with E-state index < -0.39 is 53.7 Å². The van der Waals surface area contributed by atoms with Crippen LogP contribution < -0.4 is 11.2 Å². The Bertz CT molecular complexity index is 841. The molecular weight excluding hydrogens is 350 g/mol. The van der Waals surface area contributed by atoms with Gasteiger partial charge in [0.15, 0.2) is 6.23 Å². The molecule has 1 aromatic heterocycles. The Balaban J connectivity index is 1.81. The summed E-state index contributed by atoms with van der Waals surface area (Å²) in [5, 5.41) is 21.1. The molecule has 3 heterocycles. The first-order valence-electron chi connectivity index (χ1n) is 7.89. The fraction of sp³-hybridized carbons (Fsp3) is 0.467. The minimum Gasteiger partial charge on any atom is -0.387 e. The van der Waals surface area contributed by atoms with Crippen molar-refractivity contribution in [3.05, 3.63) is 45.3 Å². The highest BCUT2D eigenvalue weighted by Gasteiger charge is 2.48. The van der Waals surface area contributed by atoms with E-state index in [1.54, 1.807) is 6.92 Å².